The first-order valence-electron chi connectivity index (χ1n) is 12.2. The van der Waals surface area contributed by atoms with Gasteiger partial charge in [-0.05, 0) is 79.8 Å². The van der Waals surface area contributed by atoms with Crippen molar-refractivity contribution in [3.63, 3.8) is 0 Å². The molecule has 0 bridgehead atoms. The molecule has 7 nitrogen and oxygen atoms in total. The Bertz CT molecular complexity index is 1320. The predicted octanol–water partition coefficient (Wildman–Crippen LogP) is 5.25. The third kappa shape index (κ3) is 5.42. The van der Waals surface area contributed by atoms with E-state index in [9.17, 15) is 9.59 Å². The van der Waals surface area contributed by atoms with Gasteiger partial charge in [-0.25, -0.2) is 0 Å². The number of hydrogen-bond acceptors (Lipinski definition) is 4. The van der Waals surface area contributed by atoms with Crippen LogP contribution in [0.1, 0.15) is 34.8 Å². The van der Waals surface area contributed by atoms with Crippen molar-refractivity contribution in [2.75, 3.05) is 37.4 Å². The van der Waals surface area contributed by atoms with E-state index in [1.54, 1.807) is 43.5 Å². The van der Waals surface area contributed by atoms with Gasteiger partial charge in [-0.2, -0.15) is 0 Å². The zero-order valence-electron chi connectivity index (χ0n) is 20.3. The summed E-state index contributed by atoms with van der Waals surface area (Å²) in [7, 11) is 1.56. The largest absolute Gasteiger partial charge is 0.495 e. The Morgan fingerprint density at radius 3 is 2.42 bits per heavy atom. The highest BCUT2D eigenvalue weighted by Gasteiger charge is 2.23. The second-order valence-electron chi connectivity index (χ2n) is 9.14. The quantitative estimate of drug-likeness (QED) is 0.336. The zero-order chi connectivity index (χ0) is 24.9. The van der Waals surface area contributed by atoms with Gasteiger partial charge in [-0.1, -0.05) is 30.3 Å². The van der Waals surface area contributed by atoms with Crippen molar-refractivity contribution in [2.45, 2.75) is 18.8 Å². The fourth-order valence-corrected chi connectivity index (χ4v) is 4.77. The summed E-state index contributed by atoms with van der Waals surface area (Å²) in [5, 5.41) is 7.05. The molecule has 1 saturated heterocycles. The molecule has 36 heavy (non-hydrogen) atoms. The lowest BCUT2D eigenvalue weighted by atomic mass is 9.93. The zero-order valence-corrected chi connectivity index (χ0v) is 20.3. The second kappa shape index (κ2) is 10.7. The number of para-hydroxylation sites is 3. The first-order valence-corrected chi connectivity index (χ1v) is 12.2. The van der Waals surface area contributed by atoms with E-state index in [0.717, 1.165) is 25.9 Å². The van der Waals surface area contributed by atoms with Crippen molar-refractivity contribution in [2.24, 2.45) is 0 Å². The summed E-state index contributed by atoms with van der Waals surface area (Å²) >= 11 is 0. The highest BCUT2D eigenvalue weighted by Crippen LogP contribution is 2.30. The first-order chi connectivity index (χ1) is 17.6. The van der Waals surface area contributed by atoms with Gasteiger partial charge in [-0.3, -0.25) is 14.5 Å². The van der Waals surface area contributed by atoms with Gasteiger partial charge in [-0.15, -0.1) is 0 Å². The molecule has 3 N–H and O–H groups in total. The Balaban J connectivity index is 1.10. The van der Waals surface area contributed by atoms with E-state index in [-0.39, 0.29) is 11.8 Å². The smallest absolute Gasteiger partial charge is 0.255 e. The van der Waals surface area contributed by atoms with Gasteiger partial charge in [0.25, 0.3) is 5.91 Å². The molecule has 184 valence electrons. The molecule has 2 amide bonds. The second-order valence-corrected chi connectivity index (χ2v) is 9.14. The number of ether oxygens (including phenoxy) is 1. The normalized spacial score (nSPS) is 14.5. The van der Waals surface area contributed by atoms with Crippen LogP contribution in [0.3, 0.4) is 0 Å². The first kappa shape index (κ1) is 23.6. The minimum absolute atomic E-state index is 0.0507. The number of aromatic nitrogens is 1. The maximum Gasteiger partial charge on any atom is 0.255 e. The molecule has 5 rings (SSSR count). The molecule has 0 radical (unpaired) electrons. The average molecular weight is 483 g/mol. The van der Waals surface area contributed by atoms with Crippen LogP contribution in [0.5, 0.6) is 5.75 Å². The summed E-state index contributed by atoms with van der Waals surface area (Å²) in [6.45, 7) is 2.13. The van der Waals surface area contributed by atoms with Crippen molar-refractivity contribution < 1.29 is 14.3 Å². The van der Waals surface area contributed by atoms with Gasteiger partial charge in [0.2, 0.25) is 5.91 Å². The Morgan fingerprint density at radius 2 is 1.67 bits per heavy atom. The molecular weight excluding hydrogens is 452 g/mol. The Labute approximate surface area is 210 Å². The van der Waals surface area contributed by atoms with Crippen LogP contribution in [0.4, 0.5) is 11.4 Å². The number of nitrogens with one attached hydrogen (secondary N) is 3. The maximum atomic E-state index is 12.6. The van der Waals surface area contributed by atoms with E-state index in [2.05, 4.69) is 44.8 Å². The Hall–Kier alpha value is -4.10. The van der Waals surface area contributed by atoms with Crippen molar-refractivity contribution in [3.05, 3.63) is 90.1 Å². The van der Waals surface area contributed by atoms with Crippen LogP contribution in [-0.2, 0) is 4.79 Å². The van der Waals surface area contributed by atoms with Crippen LogP contribution in [0, 0.1) is 0 Å². The number of likely N-dealkylation sites (tertiary alicyclic amines) is 1. The molecule has 0 saturated carbocycles. The van der Waals surface area contributed by atoms with E-state index in [0.29, 0.717) is 35.2 Å². The molecule has 0 spiro atoms. The predicted molar refractivity (Wildman–Crippen MR) is 143 cm³/mol. The molecule has 1 aliphatic rings. The van der Waals surface area contributed by atoms with E-state index < -0.39 is 0 Å². The van der Waals surface area contributed by atoms with Crippen molar-refractivity contribution in [1.29, 1.82) is 0 Å². The lowest BCUT2D eigenvalue weighted by Crippen LogP contribution is -2.38. The number of amides is 2. The van der Waals surface area contributed by atoms with Crippen LogP contribution in [0.2, 0.25) is 0 Å². The fourth-order valence-electron chi connectivity index (χ4n) is 4.77. The van der Waals surface area contributed by atoms with Crippen molar-refractivity contribution in [3.8, 4) is 5.75 Å². The van der Waals surface area contributed by atoms with E-state index in [4.69, 9.17) is 4.74 Å². The molecule has 4 aromatic rings. The third-order valence-electron chi connectivity index (χ3n) is 6.73. The molecule has 2 heterocycles. The summed E-state index contributed by atoms with van der Waals surface area (Å²) in [5.74, 6) is 0.798. The van der Waals surface area contributed by atoms with Gasteiger partial charge in [0.1, 0.15) is 5.75 Å². The van der Waals surface area contributed by atoms with Gasteiger partial charge in [0.15, 0.2) is 0 Å². The molecule has 0 atom stereocenters. The summed E-state index contributed by atoms with van der Waals surface area (Å²) < 4.78 is 5.28. The summed E-state index contributed by atoms with van der Waals surface area (Å²) in [6.07, 6.45) is 2.05. The number of nitrogens with zero attached hydrogens (tertiary/aromatic N) is 1. The molecule has 0 unspecified atom stereocenters. The van der Waals surface area contributed by atoms with Crippen LogP contribution in [-0.4, -0.2) is 48.4 Å². The Kier molecular flexibility index (Phi) is 7.00. The number of carbonyl (C=O) groups is 2. The van der Waals surface area contributed by atoms with Crippen LogP contribution >= 0.6 is 0 Å². The van der Waals surface area contributed by atoms with Gasteiger partial charge >= 0.3 is 0 Å². The third-order valence-corrected chi connectivity index (χ3v) is 6.73. The van der Waals surface area contributed by atoms with Gasteiger partial charge in [0.05, 0.1) is 19.3 Å². The number of methoxy groups -OCH3 is 1. The summed E-state index contributed by atoms with van der Waals surface area (Å²) in [6, 6.07) is 24.8. The van der Waals surface area contributed by atoms with E-state index in [1.807, 2.05) is 18.2 Å². The van der Waals surface area contributed by atoms with Gasteiger partial charge in [0, 0.05) is 28.4 Å². The van der Waals surface area contributed by atoms with Crippen molar-refractivity contribution >= 4 is 34.1 Å². The Morgan fingerprint density at radius 1 is 0.944 bits per heavy atom. The standard InChI is InChI=1S/C29H30N4O3/c1-36-27-9-5-4-8-25(27)32-29(35)21-10-12-23(13-11-21)30-28(34)19-33-16-14-20(15-17-33)26-18-22-6-2-3-7-24(22)31-26/h2-13,18,20,31H,14-17,19H2,1H3,(H,30,34)(H,32,35). The lowest BCUT2D eigenvalue weighted by Gasteiger charge is -2.31. The summed E-state index contributed by atoms with van der Waals surface area (Å²) in [4.78, 5) is 31.0. The fraction of sp³-hybridized carbons (Fsp3) is 0.241. The maximum absolute atomic E-state index is 12.6. The van der Waals surface area contributed by atoms with Crippen LogP contribution < -0.4 is 15.4 Å². The lowest BCUT2D eigenvalue weighted by molar-refractivity contribution is -0.117. The molecule has 1 fully saturated rings. The molecular formula is C29H30N4O3. The monoisotopic (exact) mass is 482 g/mol. The van der Waals surface area contributed by atoms with E-state index >= 15 is 0 Å². The van der Waals surface area contributed by atoms with E-state index in [1.165, 1.54) is 16.6 Å². The highest BCUT2D eigenvalue weighted by atomic mass is 16.5. The number of piperidine rings is 1. The number of fused-ring (bicyclic) bond motifs is 1. The SMILES string of the molecule is COc1ccccc1NC(=O)c1ccc(NC(=O)CN2CCC(c3cc4ccccc4[nH]3)CC2)cc1. The molecule has 1 aromatic heterocycles. The average Bonchev–Trinajstić information content (AvgIpc) is 3.34. The minimum Gasteiger partial charge on any atom is -0.495 e. The number of benzene rings is 3. The number of anilines is 2. The molecule has 3 aromatic carbocycles. The number of carbonyl (C=O) groups excluding carboxylic acids is 2. The number of hydrogen-bond donors (Lipinski definition) is 3. The summed E-state index contributed by atoms with van der Waals surface area (Å²) in [5.41, 5.74) is 4.24. The topological polar surface area (TPSA) is 86.5 Å². The number of H-pyrrole nitrogens is 1. The molecule has 0 aliphatic carbocycles. The van der Waals surface area contributed by atoms with Gasteiger partial charge < -0.3 is 20.4 Å². The minimum atomic E-state index is -0.241. The van der Waals surface area contributed by atoms with Crippen LogP contribution in [0.15, 0.2) is 78.9 Å². The molecule has 1 aliphatic heterocycles. The number of aromatic amines is 1. The highest BCUT2D eigenvalue weighted by molar-refractivity contribution is 6.05. The molecule has 7 heteroatoms. The van der Waals surface area contributed by atoms with Crippen molar-refractivity contribution in [1.82, 2.24) is 9.88 Å². The van der Waals surface area contributed by atoms with Crippen LogP contribution in [0.25, 0.3) is 10.9 Å². The number of rotatable bonds is 7.